The van der Waals surface area contributed by atoms with E-state index in [-0.39, 0.29) is 28.8 Å². The van der Waals surface area contributed by atoms with Crippen LogP contribution in [0.25, 0.3) is 0 Å². The summed E-state index contributed by atoms with van der Waals surface area (Å²) in [6.45, 7) is 3.18. The molecule has 0 radical (unpaired) electrons. The molecule has 2 aliphatic heterocycles. The maximum absolute atomic E-state index is 12.6. The number of rotatable bonds is 4. The van der Waals surface area contributed by atoms with Crippen molar-refractivity contribution in [2.45, 2.75) is 18.7 Å². The Kier molecular flexibility index (Phi) is 4.28. The molecule has 0 unspecified atom stereocenters. The van der Waals surface area contributed by atoms with E-state index in [1.807, 2.05) is 0 Å². The third-order valence-corrected chi connectivity index (χ3v) is 8.01. The minimum atomic E-state index is -3.94. The second-order valence-electron chi connectivity index (χ2n) is 7.38. The Morgan fingerprint density at radius 3 is 2.31 bits per heavy atom. The van der Waals surface area contributed by atoms with Crippen LogP contribution in [-0.4, -0.2) is 35.3 Å². The van der Waals surface area contributed by atoms with Gasteiger partial charge in [0.25, 0.3) is 10.0 Å². The molecule has 0 bridgehead atoms. The molecule has 154 valence electrons. The maximum atomic E-state index is 12.6. The van der Waals surface area contributed by atoms with Gasteiger partial charge in [0.15, 0.2) is 11.5 Å². The van der Waals surface area contributed by atoms with Crippen molar-refractivity contribution in [3.63, 3.8) is 0 Å². The number of amides is 1. The SMILES string of the molecule is CC1(C)CS(=O)(=O)N(c2ccc(S(=O)(=O)Nc3ccc4c(c3)OCO4)cc2)C1=O. The Labute approximate surface area is 168 Å². The van der Waals surface area contributed by atoms with Crippen LogP contribution in [-0.2, 0) is 24.8 Å². The third kappa shape index (κ3) is 3.40. The number of nitrogens with one attached hydrogen (secondary N) is 1. The van der Waals surface area contributed by atoms with Crippen LogP contribution in [0.1, 0.15) is 13.8 Å². The highest BCUT2D eigenvalue weighted by molar-refractivity contribution is 7.94. The van der Waals surface area contributed by atoms with Crippen LogP contribution >= 0.6 is 0 Å². The zero-order chi connectivity index (χ0) is 21.0. The number of ether oxygens (including phenoxy) is 2. The second kappa shape index (κ2) is 6.36. The fourth-order valence-electron chi connectivity index (χ4n) is 3.20. The molecule has 2 aliphatic rings. The van der Waals surface area contributed by atoms with Crippen LogP contribution in [0.3, 0.4) is 0 Å². The van der Waals surface area contributed by atoms with Gasteiger partial charge < -0.3 is 9.47 Å². The molecule has 0 spiro atoms. The van der Waals surface area contributed by atoms with Gasteiger partial charge in [-0.15, -0.1) is 0 Å². The average molecular weight is 438 g/mol. The Hall–Kier alpha value is -2.79. The summed E-state index contributed by atoms with van der Waals surface area (Å²) in [6, 6.07) is 9.73. The van der Waals surface area contributed by atoms with Crippen LogP contribution < -0.4 is 18.5 Å². The molecule has 11 heteroatoms. The zero-order valence-electron chi connectivity index (χ0n) is 15.6. The van der Waals surface area contributed by atoms with Gasteiger partial charge in [0.1, 0.15) is 0 Å². The Bertz CT molecular complexity index is 1200. The fraction of sp³-hybridized carbons (Fsp3) is 0.278. The lowest BCUT2D eigenvalue weighted by molar-refractivity contribution is -0.123. The van der Waals surface area contributed by atoms with Gasteiger partial charge in [0.2, 0.25) is 22.7 Å². The van der Waals surface area contributed by atoms with Gasteiger partial charge in [-0.25, -0.2) is 21.1 Å². The summed E-state index contributed by atoms with van der Waals surface area (Å²) in [5.41, 5.74) is -0.648. The maximum Gasteiger partial charge on any atom is 0.261 e. The quantitative estimate of drug-likeness (QED) is 0.774. The number of carbonyl (C=O) groups is 1. The molecule has 1 fully saturated rings. The highest BCUT2D eigenvalue weighted by Gasteiger charge is 2.49. The lowest BCUT2D eigenvalue weighted by atomic mass is 9.95. The molecule has 29 heavy (non-hydrogen) atoms. The molecule has 2 aromatic rings. The van der Waals surface area contributed by atoms with E-state index in [1.165, 1.54) is 36.4 Å². The van der Waals surface area contributed by atoms with E-state index >= 15 is 0 Å². The van der Waals surface area contributed by atoms with Crippen molar-refractivity contribution >= 4 is 37.3 Å². The zero-order valence-corrected chi connectivity index (χ0v) is 17.2. The van der Waals surface area contributed by atoms with Crippen molar-refractivity contribution in [3.05, 3.63) is 42.5 Å². The molecule has 2 heterocycles. The molecule has 2 aromatic carbocycles. The first kappa shape index (κ1) is 19.5. The number of carbonyl (C=O) groups excluding carboxylic acids is 1. The van der Waals surface area contributed by atoms with Crippen LogP contribution in [0.4, 0.5) is 11.4 Å². The number of hydrogen-bond donors (Lipinski definition) is 1. The molecule has 0 atom stereocenters. The molecule has 1 saturated heterocycles. The minimum Gasteiger partial charge on any atom is -0.454 e. The summed E-state index contributed by atoms with van der Waals surface area (Å²) in [7, 11) is -7.74. The molecule has 9 nitrogen and oxygen atoms in total. The van der Waals surface area contributed by atoms with E-state index in [9.17, 15) is 21.6 Å². The number of nitrogens with zero attached hydrogens (tertiary/aromatic N) is 1. The minimum absolute atomic E-state index is 0.0714. The fourth-order valence-corrected chi connectivity index (χ4v) is 6.35. The number of fused-ring (bicyclic) bond motifs is 1. The predicted octanol–water partition coefficient (Wildman–Crippen LogP) is 1.92. The molecule has 1 amide bonds. The van der Waals surface area contributed by atoms with Crippen molar-refractivity contribution in [3.8, 4) is 11.5 Å². The largest absolute Gasteiger partial charge is 0.454 e. The van der Waals surface area contributed by atoms with Gasteiger partial charge in [-0.2, -0.15) is 0 Å². The highest BCUT2D eigenvalue weighted by atomic mass is 32.2. The molecule has 1 N–H and O–H groups in total. The molecule has 0 aliphatic carbocycles. The summed E-state index contributed by atoms with van der Waals surface area (Å²) >= 11 is 0. The van der Waals surface area contributed by atoms with Crippen LogP contribution in [0, 0.1) is 5.41 Å². The van der Waals surface area contributed by atoms with Gasteiger partial charge in [-0.05, 0) is 50.2 Å². The molecular formula is C18H18N2O7S2. The number of anilines is 2. The summed E-state index contributed by atoms with van der Waals surface area (Å²) in [6.07, 6.45) is 0. The van der Waals surface area contributed by atoms with E-state index in [1.54, 1.807) is 19.9 Å². The highest BCUT2D eigenvalue weighted by Crippen LogP contribution is 2.37. The Morgan fingerprint density at radius 1 is 1.03 bits per heavy atom. The van der Waals surface area contributed by atoms with Gasteiger partial charge in [-0.3, -0.25) is 9.52 Å². The van der Waals surface area contributed by atoms with Crippen LogP contribution in [0.15, 0.2) is 47.4 Å². The summed E-state index contributed by atoms with van der Waals surface area (Å²) in [5.74, 6) is 0.106. The predicted molar refractivity (Wildman–Crippen MR) is 105 cm³/mol. The lowest BCUT2D eigenvalue weighted by Crippen LogP contribution is -2.32. The van der Waals surface area contributed by atoms with Crippen molar-refractivity contribution in [1.29, 1.82) is 0 Å². The van der Waals surface area contributed by atoms with Crippen molar-refractivity contribution in [2.24, 2.45) is 5.41 Å². The first-order valence-corrected chi connectivity index (χ1v) is 11.7. The molecule has 0 aromatic heterocycles. The first-order chi connectivity index (χ1) is 13.5. The van der Waals surface area contributed by atoms with E-state index in [0.29, 0.717) is 11.5 Å². The summed E-state index contributed by atoms with van der Waals surface area (Å²) in [4.78, 5) is 12.4. The topological polar surface area (TPSA) is 119 Å². The smallest absolute Gasteiger partial charge is 0.261 e. The Balaban J connectivity index is 1.60. The number of benzene rings is 2. The monoisotopic (exact) mass is 438 g/mol. The van der Waals surface area contributed by atoms with Crippen molar-refractivity contribution in [2.75, 3.05) is 21.6 Å². The lowest BCUT2D eigenvalue weighted by Gasteiger charge is -2.17. The standard InChI is InChI=1S/C18H18N2O7S2/c1-18(2)10-28(22,23)20(17(18)21)13-4-6-14(7-5-13)29(24,25)19-12-3-8-15-16(9-12)27-11-26-15/h3-9,19H,10-11H2,1-2H3. The van der Waals surface area contributed by atoms with Crippen LogP contribution in [0.2, 0.25) is 0 Å². The summed E-state index contributed by atoms with van der Waals surface area (Å²) < 4.78 is 63.6. The Morgan fingerprint density at radius 2 is 1.69 bits per heavy atom. The van der Waals surface area contributed by atoms with Gasteiger partial charge >= 0.3 is 0 Å². The van der Waals surface area contributed by atoms with E-state index < -0.39 is 31.4 Å². The second-order valence-corrected chi connectivity index (χ2v) is 10.9. The normalized spacial score (nSPS) is 19.4. The average Bonchev–Trinajstić information content (AvgIpc) is 3.14. The van der Waals surface area contributed by atoms with Crippen LogP contribution in [0.5, 0.6) is 11.5 Å². The summed E-state index contributed by atoms with van der Waals surface area (Å²) in [5, 5.41) is 0. The molecule has 4 rings (SSSR count). The molecular weight excluding hydrogens is 420 g/mol. The van der Waals surface area contributed by atoms with Gasteiger partial charge in [-0.1, -0.05) is 0 Å². The number of sulfonamides is 2. The molecule has 0 saturated carbocycles. The van der Waals surface area contributed by atoms with Gasteiger partial charge in [0, 0.05) is 6.07 Å². The number of hydrogen-bond acceptors (Lipinski definition) is 7. The van der Waals surface area contributed by atoms with Crippen molar-refractivity contribution < 1.29 is 31.1 Å². The van der Waals surface area contributed by atoms with Gasteiger partial charge in [0.05, 0.1) is 27.4 Å². The van der Waals surface area contributed by atoms with E-state index in [4.69, 9.17) is 9.47 Å². The van der Waals surface area contributed by atoms with E-state index in [2.05, 4.69) is 4.72 Å². The first-order valence-electron chi connectivity index (χ1n) is 8.60. The third-order valence-electron chi connectivity index (χ3n) is 4.59. The van der Waals surface area contributed by atoms with E-state index in [0.717, 1.165) is 4.31 Å². The van der Waals surface area contributed by atoms with Crippen molar-refractivity contribution in [1.82, 2.24) is 0 Å².